The lowest BCUT2D eigenvalue weighted by molar-refractivity contribution is -0.133. The Hall–Kier alpha value is -1.70. The number of ketones is 2. The van der Waals surface area contributed by atoms with Crippen molar-refractivity contribution in [2.75, 3.05) is 0 Å². The number of allylic oxidation sites excluding steroid dienone is 1. The molecular weight excluding hydrogens is 200 g/mol. The SMILES string of the molecule is CCCC(=O)C(=O)C=Cc1ccccc1C. The normalized spacial score (nSPS) is 10.6. The second-order valence-corrected chi connectivity index (χ2v) is 3.73. The van der Waals surface area contributed by atoms with Crippen LogP contribution in [0.2, 0.25) is 0 Å². The summed E-state index contributed by atoms with van der Waals surface area (Å²) in [6, 6.07) is 7.74. The van der Waals surface area contributed by atoms with Gasteiger partial charge in [0.1, 0.15) is 0 Å². The molecule has 2 nitrogen and oxygen atoms in total. The van der Waals surface area contributed by atoms with Gasteiger partial charge in [-0.05, 0) is 30.5 Å². The van der Waals surface area contributed by atoms with E-state index in [2.05, 4.69) is 0 Å². The van der Waals surface area contributed by atoms with Gasteiger partial charge in [0, 0.05) is 6.42 Å². The maximum absolute atomic E-state index is 11.4. The number of benzene rings is 1. The molecule has 0 radical (unpaired) electrons. The molecular formula is C14H16O2. The molecule has 1 rings (SSSR count). The molecule has 16 heavy (non-hydrogen) atoms. The fraction of sp³-hybridized carbons (Fsp3) is 0.286. The Bertz CT molecular complexity index is 416. The van der Waals surface area contributed by atoms with Crippen molar-refractivity contribution < 1.29 is 9.59 Å². The summed E-state index contributed by atoms with van der Waals surface area (Å²) in [6.45, 7) is 3.86. The van der Waals surface area contributed by atoms with Crippen molar-refractivity contribution in [1.82, 2.24) is 0 Å². The van der Waals surface area contributed by atoms with Crippen molar-refractivity contribution in [3.63, 3.8) is 0 Å². The minimum atomic E-state index is -0.412. The Morgan fingerprint density at radius 1 is 1.25 bits per heavy atom. The van der Waals surface area contributed by atoms with Crippen LogP contribution in [0.25, 0.3) is 6.08 Å². The summed E-state index contributed by atoms with van der Waals surface area (Å²) in [7, 11) is 0. The zero-order valence-electron chi connectivity index (χ0n) is 9.69. The van der Waals surface area contributed by atoms with Crippen LogP contribution in [-0.4, -0.2) is 11.6 Å². The van der Waals surface area contributed by atoms with E-state index in [0.717, 1.165) is 11.1 Å². The fourth-order valence-electron chi connectivity index (χ4n) is 1.38. The number of Topliss-reactive ketones (excluding diaryl/α,β-unsaturated/α-hetero) is 1. The maximum atomic E-state index is 11.4. The Morgan fingerprint density at radius 3 is 2.56 bits per heavy atom. The Morgan fingerprint density at radius 2 is 1.94 bits per heavy atom. The van der Waals surface area contributed by atoms with E-state index in [1.165, 1.54) is 6.08 Å². The number of hydrogen-bond acceptors (Lipinski definition) is 2. The molecule has 1 aromatic rings. The Kier molecular flexibility index (Phi) is 4.65. The van der Waals surface area contributed by atoms with Gasteiger partial charge in [0.15, 0.2) is 0 Å². The number of hydrogen-bond donors (Lipinski definition) is 0. The number of carbonyl (C=O) groups is 2. The summed E-state index contributed by atoms with van der Waals surface area (Å²) >= 11 is 0. The number of aryl methyl sites for hydroxylation is 1. The Balaban J connectivity index is 2.71. The minimum Gasteiger partial charge on any atom is -0.291 e. The summed E-state index contributed by atoms with van der Waals surface area (Å²) in [5, 5.41) is 0. The van der Waals surface area contributed by atoms with Crippen LogP contribution in [0.3, 0.4) is 0 Å². The summed E-state index contributed by atoms with van der Waals surface area (Å²) in [6.07, 6.45) is 4.10. The summed E-state index contributed by atoms with van der Waals surface area (Å²) in [5.74, 6) is -0.725. The third-order valence-corrected chi connectivity index (χ3v) is 2.35. The van der Waals surface area contributed by atoms with Crippen molar-refractivity contribution in [2.24, 2.45) is 0 Å². The topological polar surface area (TPSA) is 34.1 Å². The van der Waals surface area contributed by atoms with Crippen molar-refractivity contribution in [2.45, 2.75) is 26.7 Å². The van der Waals surface area contributed by atoms with Gasteiger partial charge in [0.25, 0.3) is 0 Å². The highest BCUT2D eigenvalue weighted by Gasteiger charge is 2.07. The smallest absolute Gasteiger partial charge is 0.221 e. The van der Waals surface area contributed by atoms with Crippen LogP contribution in [0.15, 0.2) is 30.3 Å². The molecule has 0 bridgehead atoms. The molecule has 84 valence electrons. The molecule has 0 atom stereocenters. The lowest BCUT2D eigenvalue weighted by atomic mass is 10.1. The molecule has 0 amide bonds. The quantitative estimate of drug-likeness (QED) is 0.560. The minimum absolute atomic E-state index is 0.313. The van der Waals surface area contributed by atoms with Gasteiger partial charge in [0.2, 0.25) is 11.6 Å². The van der Waals surface area contributed by atoms with Crippen LogP contribution in [0.5, 0.6) is 0 Å². The van der Waals surface area contributed by atoms with Gasteiger partial charge in [0.05, 0.1) is 0 Å². The molecule has 0 unspecified atom stereocenters. The molecule has 1 aromatic carbocycles. The zero-order chi connectivity index (χ0) is 12.0. The number of carbonyl (C=O) groups excluding carboxylic acids is 2. The predicted molar refractivity (Wildman–Crippen MR) is 65.1 cm³/mol. The lowest BCUT2D eigenvalue weighted by Gasteiger charge is -1.98. The van der Waals surface area contributed by atoms with E-state index < -0.39 is 5.78 Å². The molecule has 0 saturated heterocycles. The average molecular weight is 216 g/mol. The van der Waals surface area contributed by atoms with E-state index in [4.69, 9.17) is 0 Å². The van der Waals surface area contributed by atoms with Crippen LogP contribution >= 0.6 is 0 Å². The Labute approximate surface area is 96.0 Å². The standard InChI is InChI=1S/C14H16O2/c1-3-6-13(15)14(16)10-9-12-8-5-4-7-11(12)2/h4-5,7-10H,3,6H2,1-2H3. The molecule has 0 saturated carbocycles. The molecule has 0 N–H and O–H groups in total. The van der Waals surface area contributed by atoms with Gasteiger partial charge in [-0.1, -0.05) is 37.3 Å². The van der Waals surface area contributed by atoms with Crippen LogP contribution < -0.4 is 0 Å². The van der Waals surface area contributed by atoms with Crippen LogP contribution in [0.4, 0.5) is 0 Å². The molecule has 0 fully saturated rings. The molecule has 0 spiro atoms. The van der Waals surface area contributed by atoms with Crippen molar-refractivity contribution in [3.05, 3.63) is 41.5 Å². The highest BCUT2D eigenvalue weighted by Crippen LogP contribution is 2.08. The summed E-state index contributed by atoms with van der Waals surface area (Å²) in [5.41, 5.74) is 2.06. The molecule has 0 aromatic heterocycles. The molecule has 2 heteroatoms. The van der Waals surface area contributed by atoms with E-state index in [0.29, 0.717) is 12.8 Å². The molecule has 0 aliphatic rings. The highest BCUT2D eigenvalue weighted by atomic mass is 16.2. The summed E-state index contributed by atoms with van der Waals surface area (Å²) in [4.78, 5) is 22.6. The largest absolute Gasteiger partial charge is 0.291 e. The van der Waals surface area contributed by atoms with Crippen molar-refractivity contribution >= 4 is 17.6 Å². The first-order valence-electron chi connectivity index (χ1n) is 5.46. The van der Waals surface area contributed by atoms with Crippen molar-refractivity contribution in [3.8, 4) is 0 Å². The highest BCUT2D eigenvalue weighted by molar-refractivity contribution is 6.42. The van der Waals surface area contributed by atoms with Crippen LogP contribution in [-0.2, 0) is 9.59 Å². The van der Waals surface area contributed by atoms with E-state index in [1.54, 1.807) is 6.08 Å². The van der Waals surface area contributed by atoms with Crippen LogP contribution in [0.1, 0.15) is 30.9 Å². The second kappa shape index (κ2) is 6.01. The van der Waals surface area contributed by atoms with E-state index in [1.807, 2.05) is 38.1 Å². The molecule has 0 aliphatic heterocycles. The second-order valence-electron chi connectivity index (χ2n) is 3.73. The number of rotatable bonds is 5. The van der Waals surface area contributed by atoms with E-state index in [-0.39, 0.29) is 5.78 Å². The molecule has 0 aliphatic carbocycles. The first kappa shape index (κ1) is 12.4. The van der Waals surface area contributed by atoms with Gasteiger partial charge in [-0.25, -0.2) is 0 Å². The van der Waals surface area contributed by atoms with Gasteiger partial charge < -0.3 is 0 Å². The zero-order valence-corrected chi connectivity index (χ0v) is 9.69. The first-order valence-corrected chi connectivity index (χ1v) is 5.46. The maximum Gasteiger partial charge on any atom is 0.221 e. The molecule has 0 heterocycles. The van der Waals surface area contributed by atoms with Gasteiger partial charge in [-0.15, -0.1) is 0 Å². The third kappa shape index (κ3) is 3.46. The van der Waals surface area contributed by atoms with Gasteiger partial charge >= 0.3 is 0 Å². The van der Waals surface area contributed by atoms with Gasteiger partial charge in [-0.2, -0.15) is 0 Å². The fourth-order valence-corrected chi connectivity index (χ4v) is 1.38. The monoisotopic (exact) mass is 216 g/mol. The lowest BCUT2D eigenvalue weighted by Crippen LogP contribution is -2.09. The summed E-state index contributed by atoms with van der Waals surface area (Å²) < 4.78 is 0. The van der Waals surface area contributed by atoms with Crippen molar-refractivity contribution in [1.29, 1.82) is 0 Å². The van der Waals surface area contributed by atoms with E-state index in [9.17, 15) is 9.59 Å². The third-order valence-electron chi connectivity index (χ3n) is 2.35. The van der Waals surface area contributed by atoms with Crippen LogP contribution in [0, 0.1) is 6.92 Å². The van der Waals surface area contributed by atoms with E-state index >= 15 is 0 Å². The first-order chi connectivity index (χ1) is 7.65. The van der Waals surface area contributed by atoms with Gasteiger partial charge in [-0.3, -0.25) is 9.59 Å². The average Bonchev–Trinajstić information content (AvgIpc) is 2.28. The predicted octanol–water partition coefficient (Wildman–Crippen LogP) is 2.95.